The van der Waals surface area contributed by atoms with Gasteiger partial charge in [0, 0.05) is 0 Å². The third-order valence-corrected chi connectivity index (χ3v) is 3.90. The van der Waals surface area contributed by atoms with Gasteiger partial charge in [0.2, 0.25) is 0 Å². The third-order valence-electron chi connectivity index (χ3n) is 2.68. The van der Waals surface area contributed by atoms with Crippen LogP contribution < -0.4 is 0 Å². The SMILES string of the molecule is Fc1ccccc1CC(Cl)c1cccc(F)c1Br. The highest BCUT2D eigenvalue weighted by molar-refractivity contribution is 9.10. The van der Waals surface area contributed by atoms with Crippen molar-refractivity contribution < 1.29 is 8.78 Å². The Bertz CT molecular complexity index is 557. The first-order valence-electron chi connectivity index (χ1n) is 5.41. The van der Waals surface area contributed by atoms with Crippen LogP contribution in [0.5, 0.6) is 0 Å². The lowest BCUT2D eigenvalue weighted by Gasteiger charge is -2.12. The molecule has 2 rings (SSSR count). The van der Waals surface area contributed by atoms with Crippen molar-refractivity contribution in [2.45, 2.75) is 11.8 Å². The van der Waals surface area contributed by atoms with Gasteiger partial charge in [0.15, 0.2) is 0 Å². The molecule has 18 heavy (non-hydrogen) atoms. The highest BCUT2D eigenvalue weighted by atomic mass is 79.9. The van der Waals surface area contributed by atoms with Crippen molar-refractivity contribution in [1.29, 1.82) is 0 Å². The van der Waals surface area contributed by atoms with Gasteiger partial charge in [-0.3, -0.25) is 0 Å². The van der Waals surface area contributed by atoms with Crippen LogP contribution >= 0.6 is 27.5 Å². The molecule has 0 fully saturated rings. The van der Waals surface area contributed by atoms with Crippen molar-refractivity contribution in [2.24, 2.45) is 0 Å². The van der Waals surface area contributed by atoms with Gasteiger partial charge < -0.3 is 0 Å². The maximum absolute atomic E-state index is 13.5. The summed E-state index contributed by atoms with van der Waals surface area (Å²) >= 11 is 9.39. The topological polar surface area (TPSA) is 0 Å². The standard InChI is InChI=1S/C14H10BrClF2/c15-14-10(5-3-7-13(14)18)11(16)8-9-4-1-2-6-12(9)17/h1-7,11H,8H2. The quantitative estimate of drug-likeness (QED) is 0.674. The number of rotatable bonds is 3. The van der Waals surface area contributed by atoms with Crippen LogP contribution in [0.4, 0.5) is 8.78 Å². The van der Waals surface area contributed by atoms with Crippen molar-refractivity contribution in [1.82, 2.24) is 0 Å². The lowest BCUT2D eigenvalue weighted by molar-refractivity contribution is 0.604. The van der Waals surface area contributed by atoms with Gasteiger partial charge in [-0.15, -0.1) is 11.6 Å². The van der Waals surface area contributed by atoms with E-state index in [4.69, 9.17) is 11.6 Å². The van der Waals surface area contributed by atoms with Crippen LogP contribution in [0.3, 0.4) is 0 Å². The predicted molar refractivity (Wildman–Crippen MR) is 72.8 cm³/mol. The molecule has 0 bridgehead atoms. The second-order valence-electron chi connectivity index (χ2n) is 3.91. The summed E-state index contributed by atoms with van der Waals surface area (Å²) in [5.74, 6) is -0.664. The summed E-state index contributed by atoms with van der Waals surface area (Å²) in [6, 6.07) is 11.1. The number of benzene rings is 2. The molecule has 1 unspecified atom stereocenters. The molecule has 0 saturated carbocycles. The molecule has 0 N–H and O–H groups in total. The number of alkyl halides is 1. The minimum atomic E-state index is -0.480. The van der Waals surface area contributed by atoms with E-state index in [1.54, 1.807) is 30.3 Å². The fraction of sp³-hybridized carbons (Fsp3) is 0.143. The first kappa shape index (κ1) is 13.5. The molecule has 2 aromatic carbocycles. The molecule has 0 radical (unpaired) electrons. The van der Waals surface area contributed by atoms with Crippen LogP contribution in [-0.4, -0.2) is 0 Å². The largest absolute Gasteiger partial charge is 0.207 e. The normalized spacial score (nSPS) is 12.4. The highest BCUT2D eigenvalue weighted by Gasteiger charge is 2.16. The van der Waals surface area contributed by atoms with E-state index in [0.717, 1.165) is 0 Å². The number of hydrogen-bond donors (Lipinski definition) is 0. The molecule has 4 heteroatoms. The van der Waals surface area contributed by atoms with Crippen molar-refractivity contribution in [3.05, 3.63) is 69.7 Å². The summed E-state index contributed by atoms with van der Waals surface area (Å²) in [5, 5.41) is -0.480. The second-order valence-corrected chi connectivity index (χ2v) is 5.23. The van der Waals surface area contributed by atoms with E-state index < -0.39 is 5.38 Å². The Hall–Kier alpha value is -0.930. The van der Waals surface area contributed by atoms with Crippen LogP contribution in [0.2, 0.25) is 0 Å². The van der Waals surface area contributed by atoms with Crippen molar-refractivity contribution in [2.75, 3.05) is 0 Å². The van der Waals surface area contributed by atoms with E-state index in [2.05, 4.69) is 15.9 Å². The van der Waals surface area contributed by atoms with E-state index >= 15 is 0 Å². The van der Waals surface area contributed by atoms with Crippen molar-refractivity contribution in [3.8, 4) is 0 Å². The van der Waals surface area contributed by atoms with Gasteiger partial charge in [-0.2, -0.15) is 0 Å². The molecule has 0 aliphatic rings. The highest BCUT2D eigenvalue weighted by Crippen LogP contribution is 2.32. The monoisotopic (exact) mass is 330 g/mol. The van der Waals surface area contributed by atoms with E-state index in [0.29, 0.717) is 22.0 Å². The van der Waals surface area contributed by atoms with E-state index in [1.807, 2.05) is 0 Å². The van der Waals surface area contributed by atoms with Crippen LogP contribution in [-0.2, 0) is 6.42 Å². The molecule has 0 aliphatic carbocycles. The predicted octanol–water partition coefficient (Wildman–Crippen LogP) is 5.25. The Labute approximate surface area is 118 Å². The summed E-state index contributed by atoms with van der Waals surface area (Å²) in [6.45, 7) is 0. The molecule has 0 heterocycles. The first-order chi connectivity index (χ1) is 8.59. The Kier molecular flexibility index (Phi) is 4.36. The maximum atomic E-state index is 13.5. The molecule has 0 nitrogen and oxygen atoms in total. The summed E-state index contributed by atoms with van der Waals surface area (Å²) < 4.78 is 27.2. The Balaban J connectivity index is 2.25. The fourth-order valence-corrected chi connectivity index (χ4v) is 2.75. The molecule has 0 aliphatic heterocycles. The van der Waals surface area contributed by atoms with Crippen LogP contribution in [0.1, 0.15) is 16.5 Å². The summed E-state index contributed by atoms with van der Waals surface area (Å²) in [5.41, 5.74) is 1.15. The van der Waals surface area contributed by atoms with E-state index in [1.165, 1.54) is 12.1 Å². The second kappa shape index (κ2) is 5.81. The molecule has 0 amide bonds. The molecule has 0 aromatic heterocycles. The van der Waals surface area contributed by atoms with Gasteiger partial charge in [0.05, 0.1) is 9.85 Å². The lowest BCUT2D eigenvalue weighted by atomic mass is 10.0. The van der Waals surface area contributed by atoms with Gasteiger partial charge in [-0.1, -0.05) is 30.3 Å². The third kappa shape index (κ3) is 2.90. The van der Waals surface area contributed by atoms with Crippen LogP contribution in [0, 0.1) is 11.6 Å². The van der Waals surface area contributed by atoms with Crippen molar-refractivity contribution >= 4 is 27.5 Å². The van der Waals surface area contributed by atoms with E-state index in [9.17, 15) is 8.78 Å². The van der Waals surface area contributed by atoms with Crippen LogP contribution in [0.15, 0.2) is 46.9 Å². The molecule has 1 atom stereocenters. The molecular weight excluding hydrogens is 322 g/mol. The minimum Gasteiger partial charge on any atom is -0.207 e. The Morgan fingerprint density at radius 1 is 1.00 bits per heavy atom. The average molecular weight is 332 g/mol. The first-order valence-corrected chi connectivity index (χ1v) is 6.64. The van der Waals surface area contributed by atoms with Crippen LogP contribution in [0.25, 0.3) is 0 Å². The minimum absolute atomic E-state index is 0.296. The van der Waals surface area contributed by atoms with Gasteiger partial charge in [-0.05, 0) is 45.6 Å². The Morgan fingerprint density at radius 3 is 2.39 bits per heavy atom. The van der Waals surface area contributed by atoms with Gasteiger partial charge in [-0.25, -0.2) is 8.78 Å². The maximum Gasteiger partial charge on any atom is 0.137 e. The molecule has 2 aromatic rings. The Morgan fingerprint density at radius 2 is 1.67 bits per heavy atom. The summed E-state index contributed by atoms with van der Waals surface area (Å²) in [7, 11) is 0. The van der Waals surface area contributed by atoms with Gasteiger partial charge in [0.25, 0.3) is 0 Å². The smallest absolute Gasteiger partial charge is 0.137 e. The van der Waals surface area contributed by atoms with Gasteiger partial charge >= 0.3 is 0 Å². The summed E-state index contributed by atoms with van der Waals surface area (Å²) in [6.07, 6.45) is 0.316. The van der Waals surface area contributed by atoms with Gasteiger partial charge in [0.1, 0.15) is 11.6 Å². The number of halogens is 4. The molecular formula is C14H10BrClF2. The fourth-order valence-electron chi connectivity index (χ4n) is 1.73. The summed E-state index contributed by atoms with van der Waals surface area (Å²) in [4.78, 5) is 0. The lowest BCUT2D eigenvalue weighted by Crippen LogP contribution is -2.00. The zero-order valence-corrected chi connectivity index (χ0v) is 11.7. The zero-order chi connectivity index (χ0) is 13.1. The van der Waals surface area contributed by atoms with E-state index in [-0.39, 0.29) is 11.6 Å². The molecule has 0 spiro atoms. The zero-order valence-electron chi connectivity index (χ0n) is 9.34. The number of hydrogen-bond acceptors (Lipinski definition) is 0. The average Bonchev–Trinajstić information content (AvgIpc) is 2.35. The van der Waals surface area contributed by atoms with Crippen molar-refractivity contribution in [3.63, 3.8) is 0 Å². The molecule has 94 valence electrons. The molecule has 0 saturated heterocycles.